The summed E-state index contributed by atoms with van der Waals surface area (Å²) >= 11 is 0. The van der Waals surface area contributed by atoms with Crippen LogP contribution in [0, 0.1) is 6.92 Å². The molecule has 2 rings (SSSR count). The summed E-state index contributed by atoms with van der Waals surface area (Å²) in [5, 5.41) is 15.2. The number of aryl methyl sites for hydroxylation is 1. The molecule has 0 aliphatic heterocycles. The number of hydrogen-bond acceptors (Lipinski definition) is 3. The molecular weight excluding hydrogens is 238 g/mol. The van der Waals surface area contributed by atoms with Crippen LogP contribution in [-0.2, 0) is 12.1 Å². The third-order valence-electron chi connectivity index (χ3n) is 3.14. The molecule has 19 heavy (non-hydrogen) atoms. The van der Waals surface area contributed by atoms with E-state index in [2.05, 4.69) is 54.5 Å². The molecule has 0 unspecified atom stereocenters. The van der Waals surface area contributed by atoms with Gasteiger partial charge in [-0.25, -0.2) is 0 Å². The summed E-state index contributed by atoms with van der Waals surface area (Å²) < 4.78 is 2.01. The van der Waals surface area contributed by atoms with Crippen molar-refractivity contribution in [3.05, 3.63) is 23.7 Å². The van der Waals surface area contributed by atoms with Crippen molar-refractivity contribution in [1.29, 1.82) is 0 Å². The zero-order valence-corrected chi connectivity index (χ0v) is 12.4. The lowest BCUT2D eigenvalue weighted by atomic mass is 10.1. The van der Waals surface area contributed by atoms with Crippen molar-refractivity contribution < 1.29 is 0 Å². The standard InChI is InChI=1S/C14H23N5/c1-6-15-7-11-8-16-17-13(11)12-9-19(14(3,4)5)18-10(12)2/h8-9,15H,6-7H2,1-5H3,(H,16,17). The van der Waals surface area contributed by atoms with E-state index in [-0.39, 0.29) is 5.54 Å². The number of nitrogens with one attached hydrogen (secondary N) is 2. The van der Waals surface area contributed by atoms with Gasteiger partial charge < -0.3 is 5.32 Å². The SMILES string of the molecule is CCNCc1cn[nH]c1-c1cn(C(C)(C)C)nc1C. The maximum atomic E-state index is 4.61. The first-order chi connectivity index (χ1) is 8.93. The molecular formula is C14H23N5. The first-order valence-electron chi connectivity index (χ1n) is 6.73. The van der Waals surface area contributed by atoms with E-state index in [0.29, 0.717) is 0 Å². The van der Waals surface area contributed by atoms with E-state index in [4.69, 9.17) is 0 Å². The molecule has 5 heteroatoms. The molecule has 0 aromatic carbocycles. The monoisotopic (exact) mass is 261 g/mol. The van der Waals surface area contributed by atoms with Gasteiger partial charge in [-0.05, 0) is 34.2 Å². The van der Waals surface area contributed by atoms with Gasteiger partial charge in [-0.1, -0.05) is 6.92 Å². The van der Waals surface area contributed by atoms with Gasteiger partial charge in [-0.2, -0.15) is 10.2 Å². The molecule has 0 saturated carbocycles. The Hall–Kier alpha value is -1.62. The highest BCUT2D eigenvalue weighted by Gasteiger charge is 2.19. The molecule has 0 aliphatic rings. The smallest absolute Gasteiger partial charge is 0.0729 e. The van der Waals surface area contributed by atoms with E-state index in [1.807, 2.05) is 17.8 Å². The van der Waals surface area contributed by atoms with E-state index in [1.165, 1.54) is 5.56 Å². The number of H-pyrrole nitrogens is 1. The Labute approximate surface area is 114 Å². The van der Waals surface area contributed by atoms with E-state index < -0.39 is 0 Å². The van der Waals surface area contributed by atoms with Gasteiger partial charge in [0.2, 0.25) is 0 Å². The zero-order chi connectivity index (χ0) is 14.0. The first kappa shape index (κ1) is 13.8. The summed E-state index contributed by atoms with van der Waals surface area (Å²) in [6.07, 6.45) is 3.98. The molecule has 0 spiro atoms. The van der Waals surface area contributed by atoms with Crippen LogP contribution >= 0.6 is 0 Å². The van der Waals surface area contributed by atoms with E-state index in [9.17, 15) is 0 Å². The van der Waals surface area contributed by atoms with Gasteiger partial charge in [0.05, 0.1) is 23.1 Å². The first-order valence-corrected chi connectivity index (χ1v) is 6.73. The lowest BCUT2D eigenvalue weighted by molar-refractivity contribution is 0.354. The molecule has 104 valence electrons. The summed E-state index contributed by atoms with van der Waals surface area (Å²) in [5.74, 6) is 0. The Bertz CT molecular complexity index is 544. The molecule has 0 bridgehead atoms. The van der Waals surface area contributed by atoms with Gasteiger partial charge in [-0.3, -0.25) is 9.78 Å². The largest absolute Gasteiger partial charge is 0.313 e. The fourth-order valence-electron chi connectivity index (χ4n) is 1.99. The summed E-state index contributed by atoms with van der Waals surface area (Å²) in [6, 6.07) is 0. The lowest BCUT2D eigenvalue weighted by Gasteiger charge is -2.18. The summed E-state index contributed by atoms with van der Waals surface area (Å²) in [5.41, 5.74) is 4.38. The molecule has 0 amide bonds. The minimum atomic E-state index is -0.00906. The van der Waals surface area contributed by atoms with Crippen LogP contribution in [0.1, 0.15) is 39.0 Å². The van der Waals surface area contributed by atoms with Crippen molar-refractivity contribution in [2.45, 2.75) is 46.7 Å². The van der Waals surface area contributed by atoms with Crippen LogP contribution in [0.3, 0.4) is 0 Å². The van der Waals surface area contributed by atoms with Gasteiger partial charge >= 0.3 is 0 Å². The van der Waals surface area contributed by atoms with Crippen molar-refractivity contribution in [2.24, 2.45) is 0 Å². The van der Waals surface area contributed by atoms with Crippen molar-refractivity contribution in [1.82, 2.24) is 25.3 Å². The number of rotatable bonds is 4. The highest BCUT2D eigenvalue weighted by atomic mass is 15.3. The van der Waals surface area contributed by atoms with Gasteiger partial charge in [0.1, 0.15) is 0 Å². The Morgan fingerprint density at radius 1 is 1.37 bits per heavy atom. The number of hydrogen-bond donors (Lipinski definition) is 2. The number of aromatic nitrogens is 4. The molecule has 0 saturated heterocycles. The molecule has 0 atom stereocenters. The quantitative estimate of drug-likeness (QED) is 0.888. The van der Waals surface area contributed by atoms with Crippen LogP contribution in [0.4, 0.5) is 0 Å². The van der Waals surface area contributed by atoms with Crippen molar-refractivity contribution in [2.75, 3.05) is 6.54 Å². The van der Waals surface area contributed by atoms with Crippen LogP contribution in [0.15, 0.2) is 12.4 Å². The van der Waals surface area contributed by atoms with Gasteiger partial charge in [0.15, 0.2) is 0 Å². The van der Waals surface area contributed by atoms with Gasteiger partial charge in [-0.15, -0.1) is 0 Å². The predicted molar refractivity (Wildman–Crippen MR) is 76.9 cm³/mol. The molecule has 0 aliphatic carbocycles. The molecule has 2 heterocycles. The highest BCUT2D eigenvalue weighted by Crippen LogP contribution is 2.26. The third kappa shape index (κ3) is 2.87. The van der Waals surface area contributed by atoms with Crippen LogP contribution < -0.4 is 5.32 Å². The Morgan fingerprint density at radius 3 is 2.68 bits per heavy atom. The van der Waals surface area contributed by atoms with E-state index in [1.54, 1.807) is 0 Å². The average Bonchev–Trinajstić information content (AvgIpc) is 2.91. The molecule has 2 N–H and O–H groups in total. The highest BCUT2D eigenvalue weighted by molar-refractivity contribution is 5.64. The number of aromatic amines is 1. The molecule has 2 aromatic rings. The van der Waals surface area contributed by atoms with Crippen molar-refractivity contribution in [3.8, 4) is 11.3 Å². The second-order valence-electron chi connectivity index (χ2n) is 5.79. The fraction of sp³-hybridized carbons (Fsp3) is 0.571. The molecule has 0 radical (unpaired) electrons. The molecule has 5 nitrogen and oxygen atoms in total. The Morgan fingerprint density at radius 2 is 2.11 bits per heavy atom. The van der Waals surface area contributed by atoms with Crippen LogP contribution in [-0.4, -0.2) is 26.5 Å². The fourth-order valence-corrected chi connectivity index (χ4v) is 1.99. The number of nitrogens with zero attached hydrogens (tertiary/aromatic N) is 3. The van der Waals surface area contributed by atoms with Crippen molar-refractivity contribution >= 4 is 0 Å². The minimum Gasteiger partial charge on any atom is -0.313 e. The van der Waals surface area contributed by atoms with Gasteiger partial charge in [0, 0.05) is 23.9 Å². The minimum absolute atomic E-state index is 0.00906. The molecule has 0 fully saturated rings. The zero-order valence-electron chi connectivity index (χ0n) is 12.4. The maximum absolute atomic E-state index is 4.61. The molecule has 2 aromatic heterocycles. The van der Waals surface area contributed by atoms with E-state index in [0.717, 1.165) is 30.0 Å². The summed E-state index contributed by atoms with van der Waals surface area (Å²) in [7, 11) is 0. The van der Waals surface area contributed by atoms with E-state index >= 15 is 0 Å². The topological polar surface area (TPSA) is 58.5 Å². The lowest BCUT2D eigenvalue weighted by Crippen LogP contribution is -2.22. The van der Waals surface area contributed by atoms with Crippen LogP contribution in [0.2, 0.25) is 0 Å². The third-order valence-corrected chi connectivity index (χ3v) is 3.14. The van der Waals surface area contributed by atoms with Gasteiger partial charge in [0.25, 0.3) is 0 Å². The second kappa shape index (κ2) is 5.17. The second-order valence-corrected chi connectivity index (χ2v) is 5.79. The van der Waals surface area contributed by atoms with Crippen LogP contribution in [0.5, 0.6) is 0 Å². The maximum Gasteiger partial charge on any atom is 0.0729 e. The summed E-state index contributed by atoms with van der Waals surface area (Å²) in [4.78, 5) is 0. The van der Waals surface area contributed by atoms with Crippen molar-refractivity contribution in [3.63, 3.8) is 0 Å². The Balaban J connectivity index is 2.37. The summed E-state index contributed by atoms with van der Waals surface area (Å²) in [6.45, 7) is 12.4. The Kier molecular flexibility index (Phi) is 3.75. The average molecular weight is 261 g/mol. The predicted octanol–water partition coefficient (Wildman–Crippen LogP) is 2.45. The normalized spacial score (nSPS) is 12.1. The van der Waals surface area contributed by atoms with Crippen LogP contribution in [0.25, 0.3) is 11.3 Å².